The molecule has 14 heteroatoms. The molecular weight excluding hydrogens is 378 g/mol. The summed E-state index contributed by atoms with van der Waals surface area (Å²) in [5.41, 5.74) is 6.68. The summed E-state index contributed by atoms with van der Waals surface area (Å²) in [6, 6.07) is -0.403. The van der Waals surface area contributed by atoms with E-state index in [0.29, 0.717) is 17.6 Å². The van der Waals surface area contributed by atoms with Crippen LogP contribution in [-0.2, 0) is 10.4 Å². The molecule has 140 valence electrons. The van der Waals surface area contributed by atoms with E-state index in [0.717, 1.165) is 0 Å². The van der Waals surface area contributed by atoms with Crippen molar-refractivity contribution < 1.29 is 32.8 Å². The van der Waals surface area contributed by atoms with Gasteiger partial charge < -0.3 is 30.6 Å². The first-order chi connectivity index (χ1) is 11.5. The average molecular weight is 395 g/mol. The van der Waals surface area contributed by atoms with Gasteiger partial charge in [0.2, 0.25) is 0 Å². The molecule has 0 spiro atoms. The number of aliphatic hydroxyl groups is 3. The third-order valence-electron chi connectivity index (χ3n) is 3.83. The number of aromatic nitrogens is 4. The van der Waals surface area contributed by atoms with E-state index in [1.54, 1.807) is 4.57 Å². The minimum atomic E-state index is -4.67. The van der Waals surface area contributed by atoms with Crippen molar-refractivity contribution >= 4 is 39.7 Å². The van der Waals surface area contributed by atoms with Crippen molar-refractivity contribution in [1.82, 2.24) is 19.5 Å². The Kier molecular flexibility index (Phi) is 5.72. The fourth-order valence-corrected chi connectivity index (χ4v) is 3.01. The first kappa shape index (κ1) is 19.6. The second-order valence-corrected chi connectivity index (χ2v) is 6.73. The number of nitrogens with one attached hydrogen (secondary N) is 1. The van der Waals surface area contributed by atoms with Crippen molar-refractivity contribution in [1.29, 1.82) is 0 Å². The van der Waals surface area contributed by atoms with Gasteiger partial charge in [0.15, 0.2) is 10.6 Å². The van der Waals surface area contributed by atoms with Crippen molar-refractivity contribution in [2.45, 2.75) is 24.7 Å². The summed E-state index contributed by atoms with van der Waals surface area (Å²) in [5, 5.41) is 29.2. The van der Waals surface area contributed by atoms with Crippen LogP contribution in [0, 0.1) is 10.6 Å². The normalized spacial score (nSPS) is 26.4. The molecule has 25 heavy (non-hydrogen) atoms. The summed E-state index contributed by atoms with van der Waals surface area (Å²) < 4.78 is 33.5. The van der Waals surface area contributed by atoms with Gasteiger partial charge in [-0.05, 0) is 6.42 Å². The zero-order valence-corrected chi connectivity index (χ0v) is 14.2. The Labute approximate surface area is 146 Å². The lowest BCUT2D eigenvalue weighted by atomic mass is 10.1. The molecule has 0 aromatic carbocycles. The van der Waals surface area contributed by atoms with Gasteiger partial charge in [0, 0.05) is 12.5 Å². The maximum atomic E-state index is 10.1. The molecule has 2 aromatic heterocycles. The van der Waals surface area contributed by atoms with Gasteiger partial charge in [-0.25, -0.2) is 9.97 Å². The molecule has 1 fully saturated rings. The van der Waals surface area contributed by atoms with Gasteiger partial charge in [-0.3, -0.25) is 9.11 Å². The average Bonchev–Trinajstić information content (AvgIpc) is 3.00. The van der Waals surface area contributed by atoms with Gasteiger partial charge in [-0.2, -0.15) is 8.42 Å². The minimum Gasteiger partial charge on any atom is -0.396 e. The van der Waals surface area contributed by atoms with Gasteiger partial charge in [0.25, 0.3) is 0 Å². The number of nitrogen functional groups attached to an aromatic ring is 1. The monoisotopic (exact) mass is 395 g/mol. The van der Waals surface area contributed by atoms with E-state index in [9.17, 15) is 15.3 Å². The predicted molar refractivity (Wildman–Crippen MR) is 87.5 cm³/mol. The number of hydrogen-bond acceptors (Lipinski definition) is 9. The second-order valence-electron chi connectivity index (χ2n) is 5.45. The van der Waals surface area contributed by atoms with Gasteiger partial charge in [-0.1, -0.05) is 12.2 Å². The van der Waals surface area contributed by atoms with E-state index in [1.165, 1.54) is 6.33 Å². The van der Waals surface area contributed by atoms with Crippen LogP contribution in [-0.4, -0.2) is 71.2 Å². The summed E-state index contributed by atoms with van der Waals surface area (Å²) in [6.45, 7) is -0.180. The molecule has 0 bridgehead atoms. The molecule has 2 aromatic rings. The van der Waals surface area contributed by atoms with Gasteiger partial charge in [0.05, 0.1) is 18.5 Å². The van der Waals surface area contributed by atoms with Crippen molar-refractivity contribution in [3.05, 3.63) is 11.0 Å². The predicted octanol–water partition coefficient (Wildman–Crippen LogP) is -1.31. The third kappa shape index (κ3) is 4.49. The topological polar surface area (TPSA) is 208 Å². The zero-order chi connectivity index (χ0) is 18.9. The van der Waals surface area contributed by atoms with E-state index < -0.39 is 28.6 Å². The Morgan fingerprint density at radius 2 is 1.96 bits per heavy atom. The molecule has 4 unspecified atom stereocenters. The molecule has 1 saturated carbocycles. The number of nitrogens with zero attached hydrogens (tertiary/aromatic N) is 3. The Morgan fingerprint density at radius 3 is 2.48 bits per heavy atom. The van der Waals surface area contributed by atoms with Crippen LogP contribution in [0.4, 0.5) is 5.95 Å². The van der Waals surface area contributed by atoms with Gasteiger partial charge in [0.1, 0.15) is 17.3 Å². The Bertz CT molecular complexity index is 903. The van der Waals surface area contributed by atoms with E-state index >= 15 is 0 Å². The Balaban J connectivity index is 0.000000399. The lowest BCUT2D eigenvalue weighted by Gasteiger charge is -2.18. The Morgan fingerprint density at radius 1 is 1.36 bits per heavy atom. The van der Waals surface area contributed by atoms with Crippen LogP contribution in [0.1, 0.15) is 12.5 Å². The number of H-pyrrole nitrogens is 1. The van der Waals surface area contributed by atoms with Crippen LogP contribution >= 0.6 is 12.2 Å². The van der Waals surface area contributed by atoms with E-state index in [1.807, 2.05) is 0 Å². The van der Waals surface area contributed by atoms with Crippen molar-refractivity contribution in [2.75, 3.05) is 12.3 Å². The second kappa shape index (κ2) is 7.28. The van der Waals surface area contributed by atoms with E-state index in [-0.39, 0.29) is 23.1 Å². The minimum absolute atomic E-state index is 0.163. The molecule has 1 aliphatic carbocycles. The first-order valence-electron chi connectivity index (χ1n) is 6.92. The van der Waals surface area contributed by atoms with Crippen LogP contribution in [0.5, 0.6) is 0 Å². The quantitative estimate of drug-likeness (QED) is 0.234. The fraction of sp³-hybridized carbons (Fsp3) is 0.545. The summed E-state index contributed by atoms with van der Waals surface area (Å²) in [5.74, 6) is -0.203. The lowest BCUT2D eigenvalue weighted by Crippen LogP contribution is -2.30. The molecule has 0 radical (unpaired) electrons. The highest BCUT2D eigenvalue weighted by molar-refractivity contribution is 7.79. The molecule has 8 N–H and O–H groups in total. The zero-order valence-electron chi connectivity index (χ0n) is 12.6. The number of aliphatic hydroxyl groups excluding tert-OH is 3. The maximum absolute atomic E-state index is 10.1. The number of imidazole rings is 1. The Hall–Kier alpha value is -1.68. The summed E-state index contributed by atoms with van der Waals surface area (Å²) in [6.07, 6.45) is 0.0106. The molecule has 12 nitrogen and oxygen atoms in total. The first-order valence-corrected chi connectivity index (χ1v) is 8.72. The highest BCUT2D eigenvalue weighted by Crippen LogP contribution is 2.36. The molecular formula is C11H17N5O7S2. The van der Waals surface area contributed by atoms with Crippen molar-refractivity contribution in [3.63, 3.8) is 0 Å². The molecule has 1 aliphatic rings. The van der Waals surface area contributed by atoms with Crippen LogP contribution in [0.3, 0.4) is 0 Å². The number of rotatable bonds is 2. The van der Waals surface area contributed by atoms with E-state index in [4.69, 9.17) is 35.5 Å². The highest BCUT2D eigenvalue weighted by Gasteiger charge is 2.42. The lowest BCUT2D eigenvalue weighted by molar-refractivity contribution is -0.00370. The van der Waals surface area contributed by atoms with Crippen LogP contribution < -0.4 is 5.73 Å². The van der Waals surface area contributed by atoms with Gasteiger partial charge >= 0.3 is 10.4 Å². The van der Waals surface area contributed by atoms with E-state index in [2.05, 4.69) is 15.0 Å². The molecule has 0 aliphatic heterocycles. The largest absolute Gasteiger partial charge is 0.396 e. The summed E-state index contributed by atoms with van der Waals surface area (Å²) >= 11 is 5.09. The van der Waals surface area contributed by atoms with Crippen molar-refractivity contribution in [3.8, 4) is 0 Å². The third-order valence-corrected chi connectivity index (χ3v) is 4.11. The smallest absolute Gasteiger partial charge is 0.394 e. The number of aromatic amines is 1. The summed E-state index contributed by atoms with van der Waals surface area (Å²) in [4.78, 5) is 11.0. The number of fused-ring (bicyclic) bond motifs is 1. The fourth-order valence-electron chi connectivity index (χ4n) is 2.76. The number of nitrogens with two attached hydrogens (primary N) is 1. The molecule has 0 saturated heterocycles. The van der Waals surface area contributed by atoms with Gasteiger partial charge in [-0.15, -0.1) is 0 Å². The molecule has 0 amide bonds. The molecule has 4 atom stereocenters. The SMILES string of the molecule is Nc1nc(=S)c2ncn(C3CC(CO)C(O)C3O)c2[nH]1.O=S(=O)(O)O. The van der Waals surface area contributed by atoms with Crippen LogP contribution in [0.2, 0.25) is 0 Å². The maximum Gasteiger partial charge on any atom is 0.394 e. The summed E-state index contributed by atoms with van der Waals surface area (Å²) in [7, 11) is -4.67. The molecule has 3 rings (SSSR count). The molecule has 2 heterocycles. The number of hydrogen-bond donors (Lipinski definition) is 7. The van der Waals surface area contributed by atoms with Crippen LogP contribution in [0.25, 0.3) is 11.2 Å². The van der Waals surface area contributed by atoms with Crippen LogP contribution in [0.15, 0.2) is 6.33 Å². The number of anilines is 1. The highest BCUT2D eigenvalue weighted by atomic mass is 32.3. The standard InChI is InChI=1S/C11H15N5O3S.H2O4S/c12-11-14-9-6(10(20)15-11)13-3-16(9)5-1-4(2-17)7(18)8(5)19;1-5(2,3)4/h3-5,7-8,17-19H,1-2H2,(H3,12,14,15,20);(H2,1,2,3,4). The van der Waals surface area contributed by atoms with Crippen molar-refractivity contribution in [2.24, 2.45) is 5.92 Å².